The second-order valence-electron chi connectivity index (χ2n) is 5.60. The van der Waals surface area contributed by atoms with Crippen molar-refractivity contribution in [2.45, 2.75) is 38.8 Å². The van der Waals surface area contributed by atoms with Crippen molar-refractivity contribution in [3.63, 3.8) is 0 Å². The number of aromatic carboxylic acids is 1. The number of likely N-dealkylation sites (N-methyl/N-ethyl adjacent to an activating group) is 1. The quantitative estimate of drug-likeness (QED) is 0.918. The van der Waals surface area contributed by atoms with Crippen molar-refractivity contribution in [3.05, 3.63) is 23.7 Å². The van der Waals surface area contributed by atoms with E-state index in [1.807, 2.05) is 0 Å². The SMILES string of the molecule is CCC1CN(C)CCCN1C(C)c1ccc(C(=O)O)o1. The van der Waals surface area contributed by atoms with Crippen LogP contribution in [0.2, 0.25) is 0 Å². The molecule has 0 aromatic carbocycles. The molecule has 1 aromatic rings. The predicted octanol–water partition coefficient (Wildman–Crippen LogP) is 2.45. The molecule has 5 nitrogen and oxygen atoms in total. The highest BCUT2D eigenvalue weighted by Gasteiger charge is 2.28. The highest BCUT2D eigenvalue weighted by molar-refractivity contribution is 5.84. The van der Waals surface area contributed by atoms with Gasteiger partial charge in [0.1, 0.15) is 5.76 Å². The molecule has 5 heteroatoms. The lowest BCUT2D eigenvalue weighted by Gasteiger charge is -2.34. The Labute approximate surface area is 120 Å². The number of furan rings is 1. The molecule has 1 saturated heterocycles. The summed E-state index contributed by atoms with van der Waals surface area (Å²) in [6.45, 7) is 7.48. The van der Waals surface area contributed by atoms with Gasteiger partial charge in [-0.25, -0.2) is 4.79 Å². The molecular weight excluding hydrogens is 256 g/mol. The molecule has 2 rings (SSSR count). The molecule has 20 heavy (non-hydrogen) atoms. The van der Waals surface area contributed by atoms with Crippen LogP contribution in [0.15, 0.2) is 16.5 Å². The summed E-state index contributed by atoms with van der Waals surface area (Å²) in [5, 5.41) is 8.95. The summed E-state index contributed by atoms with van der Waals surface area (Å²) in [5.74, 6) is -0.247. The summed E-state index contributed by atoms with van der Waals surface area (Å²) in [6.07, 6.45) is 2.21. The predicted molar refractivity (Wildman–Crippen MR) is 77.0 cm³/mol. The van der Waals surface area contributed by atoms with Gasteiger partial charge in [0, 0.05) is 19.1 Å². The molecule has 1 fully saturated rings. The third-order valence-electron chi connectivity index (χ3n) is 4.17. The monoisotopic (exact) mass is 280 g/mol. The minimum absolute atomic E-state index is 0.0202. The zero-order valence-corrected chi connectivity index (χ0v) is 12.5. The Bertz CT molecular complexity index is 458. The van der Waals surface area contributed by atoms with Crippen LogP contribution in [-0.2, 0) is 0 Å². The molecule has 0 aliphatic carbocycles. The normalized spacial score (nSPS) is 23.4. The molecule has 1 aromatic heterocycles. The Morgan fingerprint density at radius 1 is 1.50 bits per heavy atom. The van der Waals surface area contributed by atoms with Gasteiger partial charge < -0.3 is 14.4 Å². The van der Waals surface area contributed by atoms with Crippen LogP contribution >= 0.6 is 0 Å². The minimum atomic E-state index is -1.01. The largest absolute Gasteiger partial charge is 0.475 e. The highest BCUT2D eigenvalue weighted by Crippen LogP contribution is 2.27. The fraction of sp³-hybridized carbons (Fsp3) is 0.667. The van der Waals surface area contributed by atoms with Gasteiger partial charge in [-0.2, -0.15) is 0 Å². The lowest BCUT2D eigenvalue weighted by atomic mass is 10.1. The zero-order valence-electron chi connectivity index (χ0n) is 12.5. The molecule has 1 aliphatic heterocycles. The number of carboxylic acids is 1. The summed E-state index contributed by atoms with van der Waals surface area (Å²) in [6, 6.07) is 3.92. The van der Waals surface area contributed by atoms with Crippen LogP contribution in [0.3, 0.4) is 0 Å². The van der Waals surface area contributed by atoms with E-state index >= 15 is 0 Å². The fourth-order valence-electron chi connectivity index (χ4n) is 2.99. The van der Waals surface area contributed by atoms with Crippen LogP contribution in [0.1, 0.15) is 49.0 Å². The van der Waals surface area contributed by atoms with Crippen molar-refractivity contribution in [2.75, 3.05) is 26.7 Å². The summed E-state index contributed by atoms with van der Waals surface area (Å²) in [7, 11) is 2.16. The second kappa shape index (κ2) is 6.41. The summed E-state index contributed by atoms with van der Waals surface area (Å²) in [5.41, 5.74) is 0. The topological polar surface area (TPSA) is 56.9 Å². The number of hydrogen-bond donors (Lipinski definition) is 1. The molecule has 2 atom stereocenters. The third-order valence-corrected chi connectivity index (χ3v) is 4.17. The Kier molecular flexibility index (Phi) is 4.83. The molecule has 2 heterocycles. The van der Waals surface area contributed by atoms with E-state index in [4.69, 9.17) is 9.52 Å². The molecule has 0 bridgehead atoms. The molecule has 1 aliphatic rings. The fourth-order valence-corrected chi connectivity index (χ4v) is 2.99. The minimum Gasteiger partial charge on any atom is -0.475 e. The van der Waals surface area contributed by atoms with Gasteiger partial charge >= 0.3 is 5.97 Å². The van der Waals surface area contributed by atoms with Gasteiger partial charge in [0.15, 0.2) is 0 Å². The lowest BCUT2D eigenvalue weighted by molar-refractivity contribution is 0.0651. The van der Waals surface area contributed by atoms with Crippen molar-refractivity contribution >= 4 is 5.97 Å². The molecule has 0 amide bonds. The first-order valence-corrected chi connectivity index (χ1v) is 7.30. The Balaban J connectivity index is 2.16. The van der Waals surface area contributed by atoms with Crippen molar-refractivity contribution in [3.8, 4) is 0 Å². The van der Waals surface area contributed by atoms with Gasteiger partial charge in [-0.3, -0.25) is 4.90 Å². The van der Waals surface area contributed by atoms with Crippen molar-refractivity contribution < 1.29 is 14.3 Å². The van der Waals surface area contributed by atoms with E-state index in [0.717, 1.165) is 38.2 Å². The highest BCUT2D eigenvalue weighted by atomic mass is 16.4. The molecule has 2 unspecified atom stereocenters. The lowest BCUT2D eigenvalue weighted by Crippen LogP contribution is -2.41. The maximum absolute atomic E-state index is 10.9. The maximum atomic E-state index is 10.9. The van der Waals surface area contributed by atoms with Crippen molar-refractivity contribution in [1.29, 1.82) is 0 Å². The average Bonchev–Trinajstić information content (AvgIpc) is 2.83. The first kappa shape index (κ1) is 15.1. The maximum Gasteiger partial charge on any atom is 0.371 e. The van der Waals surface area contributed by atoms with E-state index < -0.39 is 5.97 Å². The van der Waals surface area contributed by atoms with Gasteiger partial charge in [-0.15, -0.1) is 0 Å². The first-order valence-electron chi connectivity index (χ1n) is 7.30. The zero-order chi connectivity index (χ0) is 14.7. The molecule has 0 radical (unpaired) electrons. The Morgan fingerprint density at radius 2 is 2.25 bits per heavy atom. The second-order valence-corrected chi connectivity index (χ2v) is 5.60. The molecule has 112 valence electrons. The Morgan fingerprint density at radius 3 is 2.85 bits per heavy atom. The number of nitrogens with zero attached hydrogens (tertiary/aromatic N) is 2. The van der Waals surface area contributed by atoms with Gasteiger partial charge in [-0.1, -0.05) is 6.92 Å². The van der Waals surface area contributed by atoms with Gasteiger partial charge in [0.25, 0.3) is 0 Å². The van der Waals surface area contributed by atoms with E-state index in [-0.39, 0.29) is 11.8 Å². The first-order chi connectivity index (χ1) is 9.52. The number of hydrogen-bond acceptors (Lipinski definition) is 4. The smallest absolute Gasteiger partial charge is 0.371 e. The van der Waals surface area contributed by atoms with E-state index in [0.29, 0.717) is 6.04 Å². The van der Waals surface area contributed by atoms with Crippen molar-refractivity contribution in [2.24, 2.45) is 0 Å². The van der Waals surface area contributed by atoms with Crippen LogP contribution in [0.4, 0.5) is 0 Å². The van der Waals surface area contributed by atoms with Crippen LogP contribution in [-0.4, -0.2) is 53.6 Å². The van der Waals surface area contributed by atoms with Gasteiger partial charge in [0.05, 0.1) is 6.04 Å². The Hall–Kier alpha value is -1.33. The molecule has 0 saturated carbocycles. The molecular formula is C15H24N2O3. The number of carbonyl (C=O) groups is 1. The summed E-state index contributed by atoms with van der Waals surface area (Å²) >= 11 is 0. The van der Waals surface area contributed by atoms with E-state index in [9.17, 15) is 4.79 Å². The van der Waals surface area contributed by atoms with E-state index in [1.54, 1.807) is 12.1 Å². The van der Waals surface area contributed by atoms with E-state index in [2.05, 4.69) is 30.7 Å². The van der Waals surface area contributed by atoms with Gasteiger partial charge in [-0.05, 0) is 45.5 Å². The average molecular weight is 280 g/mol. The van der Waals surface area contributed by atoms with Crippen LogP contribution < -0.4 is 0 Å². The summed E-state index contributed by atoms with van der Waals surface area (Å²) in [4.78, 5) is 15.7. The number of rotatable bonds is 4. The van der Waals surface area contributed by atoms with Crippen LogP contribution in [0, 0.1) is 0 Å². The standard InChI is InChI=1S/C15H24N2O3/c1-4-12-10-16(3)8-5-9-17(12)11(2)13-6-7-14(20-13)15(18)19/h6-7,11-12H,4-5,8-10H2,1-3H3,(H,18,19). The summed E-state index contributed by atoms with van der Waals surface area (Å²) < 4.78 is 5.47. The van der Waals surface area contributed by atoms with Crippen LogP contribution in [0.5, 0.6) is 0 Å². The molecule has 0 spiro atoms. The van der Waals surface area contributed by atoms with E-state index in [1.165, 1.54) is 0 Å². The third kappa shape index (κ3) is 3.22. The number of carboxylic acid groups (broad SMARTS) is 1. The molecule has 1 N–H and O–H groups in total. The van der Waals surface area contributed by atoms with Crippen LogP contribution in [0.25, 0.3) is 0 Å². The van der Waals surface area contributed by atoms with Gasteiger partial charge in [0.2, 0.25) is 5.76 Å². The van der Waals surface area contributed by atoms with Crippen molar-refractivity contribution in [1.82, 2.24) is 9.80 Å².